The van der Waals surface area contributed by atoms with E-state index in [9.17, 15) is 0 Å². The van der Waals surface area contributed by atoms with Crippen LogP contribution in [0, 0.1) is 22.7 Å². The third-order valence-electron chi connectivity index (χ3n) is 2.10. The lowest BCUT2D eigenvalue weighted by molar-refractivity contribution is 0.476. The molecule has 0 radical (unpaired) electrons. The zero-order valence-corrected chi connectivity index (χ0v) is 9.11. The molecule has 2 rings (SSSR count). The second-order valence-corrected chi connectivity index (χ2v) is 3.02. The van der Waals surface area contributed by atoms with Crippen molar-refractivity contribution in [1.29, 1.82) is 10.5 Å². The van der Waals surface area contributed by atoms with E-state index < -0.39 is 0 Å². The lowest BCUT2D eigenvalue weighted by atomic mass is 9.99. The third-order valence-corrected chi connectivity index (χ3v) is 2.10. The van der Waals surface area contributed by atoms with E-state index in [1.54, 1.807) is 12.1 Å². The maximum Gasteiger partial charge on any atom is 0.137 e. The smallest absolute Gasteiger partial charge is 0.137 e. The number of para-hydroxylation sites is 1. The summed E-state index contributed by atoms with van der Waals surface area (Å²) in [5.74, 6) is 0.665. The highest BCUT2D eigenvalue weighted by molar-refractivity contribution is 5.85. The van der Waals surface area contributed by atoms with E-state index in [1.807, 2.05) is 30.3 Å². The van der Waals surface area contributed by atoms with Crippen LogP contribution in [0.2, 0.25) is 0 Å². The van der Waals surface area contributed by atoms with Gasteiger partial charge in [0, 0.05) is 11.1 Å². The average molecular weight is 236 g/mol. The standard InChI is InChI=1S/C12H6N2O.N3/c13-7-9(8-14)10-5-6-15-12-4-2-1-3-11(10)12;1-3-2/h1-6H;/q;-1. The van der Waals surface area contributed by atoms with Crippen LogP contribution in [0.1, 0.15) is 5.56 Å². The summed E-state index contributed by atoms with van der Waals surface area (Å²) in [5, 5.41) is 17.6. The molecule has 6 heteroatoms. The van der Waals surface area contributed by atoms with Gasteiger partial charge in [-0.05, 0) is 12.1 Å². The number of allylic oxidation sites excluding steroid dienone is 3. The van der Waals surface area contributed by atoms with Crippen molar-refractivity contribution < 1.29 is 4.74 Å². The highest BCUT2D eigenvalue weighted by atomic mass is 16.5. The maximum atomic E-state index is 8.80. The molecule has 0 N–H and O–H groups in total. The van der Waals surface area contributed by atoms with E-state index in [0.29, 0.717) is 11.3 Å². The summed E-state index contributed by atoms with van der Waals surface area (Å²) in [5.41, 5.74) is 15.0. The maximum absolute atomic E-state index is 8.80. The summed E-state index contributed by atoms with van der Waals surface area (Å²) in [6.07, 6.45) is 3.11. The molecule has 6 nitrogen and oxygen atoms in total. The predicted molar refractivity (Wildman–Crippen MR) is 64.4 cm³/mol. The van der Waals surface area contributed by atoms with Crippen LogP contribution in [0.15, 0.2) is 42.2 Å². The molecule has 0 atom stereocenters. The Morgan fingerprint density at radius 1 is 1.17 bits per heavy atom. The van der Waals surface area contributed by atoms with Gasteiger partial charge >= 0.3 is 0 Å². The monoisotopic (exact) mass is 236 g/mol. The molecule has 0 fully saturated rings. The fraction of sp³-hybridized carbons (Fsp3) is 0. The van der Waals surface area contributed by atoms with Crippen molar-refractivity contribution in [2.24, 2.45) is 0 Å². The Morgan fingerprint density at radius 2 is 1.78 bits per heavy atom. The molecule has 0 aromatic heterocycles. The van der Waals surface area contributed by atoms with E-state index in [4.69, 9.17) is 26.3 Å². The summed E-state index contributed by atoms with van der Waals surface area (Å²) in [7, 11) is 0. The Balaban J connectivity index is 0.000000492. The molecule has 18 heavy (non-hydrogen) atoms. The van der Waals surface area contributed by atoms with Gasteiger partial charge in [0.25, 0.3) is 0 Å². The first-order valence-corrected chi connectivity index (χ1v) is 4.74. The van der Waals surface area contributed by atoms with Gasteiger partial charge in [-0.3, -0.25) is 4.91 Å². The van der Waals surface area contributed by atoms with Crippen molar-refractivity contribution >= 4 is 5.57 Å². The van der Waals surface area contributed by atoms with Crippen LogP contribution in [0.4, 0.5) is 0 Å². The van der Waals surface area contributed by atoms with E-state index >= 15 is 0 Å². The van der Waals surface area contributed by atoms with Crippen molar-refractivity contribution in [1.82, 2.24) is 0 Å². The van der Waals surface area contributed by atoms with Crippen molar-refractivity contribution in [3.05, 3.63) is 63.7 Å². The topological polar surface area (TPSA) is 116 Å². The van der Waals surface area contributed by atoms with Crippen LogP contribution < -0.4 is 4.74 Å². The number of rotatable bonds is 0. The Morgan fingerprint density at radius 3 is 2.39 bits per heavy atom. The molecule has 1 aliphatic heterocycles. The van der Waals surface area contributed by atoms with Crippen LogP contribution in [-0.4, -0.2) is 0 Å². The summed E-state index contributed by atoms with van der Waals surface area (Å²) in [6, 6.07) is 11.0. The largest absolute Gasteiger partial charge is 0.464 e. The highest BCUT2D eigenvalue weighted by Gasteiger charge is 2.14. The first-order valence-electron chi connectivity index (χ1n) is 4.74. The molecule has 0 unspecified atom stereocenters. The number of fused-ring (bicyclic) bond motifs is 1. The lowest BCUT2D eigenvalue weighted by Crippen LogP contribution is -1.97. The molecule has 0 aliphatic carbocycles. The minimum Gasteiger partial charge on any atom is -0.464 e. The summed E-state index contributed by atoms with van der Waals surface area (Å²) < 4.78 is 5.26. The van der Waals surface area contributed by atoms with Gasteiger partial charge in [0.1, 0.15) is 23.5 Å². The summed E-state index contributed by atoms with van der Waals surface area (Å²) >= 11 is 0. The van der Waals surface area contributed by atoms with E-state index in [1.165, 1.54) is 11.2 Å². The Bertz CT molecular complexity index is 609. The third kappa shape index (κ3) is 2.67. The van der Waals surface area contributed by atoms with Gasteiger partial charge in [-0.25, -0.2) is 0 Å². The second-order valence-electron chi connectivity index (χ2n) is 3.02. The van der Waals surface area contributed by atoms with Crippen LogP contribution >= 0.6 is 0 Å². The van der Waals surface area contributed by atoms with E-state index in [0.717, 1.165) is 5.56 Å². The molecule has 1 aliphatic rings. The molecule has 0 bridgehead atoms. The van der Waals surface area contributed by atoms with Gasteiger partial charge in [-0.15, -0.1) is 0 Å². The zero-order chi connectivity index (χ0) is 13.4. The number of hydrogen-bond donors (Lipinski definition) is 0. The highest BCUT2D eigenvalue weighted by Crippen LogP contribution is 2.32. The number of nitriles is 2. The van der Waals surface area contributed by atoms with Gasteiger partial charge in [-0.1, -0.05) is 18.2 Å². The molecule has 0 spiro atoms. The Hall–Kier alpha value is -3.21. The fourth-order valence-electron chi connectivity index (χ4n) is 1.42. The average Bonchev–Trinajstić information content (AvgIpc) is 2.41. The number of nitrogens with zero attached hydrogens (tertiary/aromatic N) is 5. The molecule has 1 aromatic carbocycles. The van der Waals surface area contributed by atoms with Crippen molar-refractivity contribution in [2.45, 2.75) is 0 Å². The molecular weight excluding hydrogens is 230 g/mol. The minimum absolute atomic E-state index is 0.0991. The van der Waals surface area contributed by atoms with E-state index in [2.05, 4.69) is 0 Å². The second kappa shape index (κ2) is 6.39. The van der Waals surface area contributed by atoms with Gasteiger partial charge in [0.15, 0.2) is 0 Å². The molecule has 0 saturated heterocycles. The lowest BCUT2D eigenvalue weighted by Gasteiger charge is -2.13. The fourth-order valence-corrected chi connectivity index (χ4v) is 1.42. The number of benzene rings is 1. The van der Waals surface area contributed by atoms with Crippen LogP contribution in [0.3, 0.4) is 0 Å². The van der Waals surface area contributed by atoms with Gasteiger partial charge < -0.3 is 15.8 Å². The Labute approximate surface area is 103 Å². The van der Waals surface area contributed by atoms with E-state index in [-0.39, 0.29) is 5.57 Å². The zero-order valence-electron chi connectivity index (χ0n) is 9.11. The predicted octanol–water partition coefficient (Wildman–Crippen LogP) is 3.26. The van der Waals surface area contributed by atoms with Gasteiger partial charge in [-0.2, -0.15) is 10.5 Å². The number of ether oxygens (including phenoxy) is 1. The van der Waals surface area contributed by atoms with Crippen molar-refractivity contribution in [3.8, 4) is 17.9 Å². The molecule has 1 aromatic rings. The number of hydrogen-bond acceptors (Lipinski definition) is 3. The van der Waals surface area contributed by atoms with Crippen LogP contribution in [-0.2, 0) is 0 Å². The van der Waals surface area contributed by atoms with Crippen molar-refractivity contribution in [3.63, 3.8) is 0 Å². The van der Waals surface area contributed by atoms with Gasteiger partial charge in [0.05, 0.1) is 6.26 Å². The Kier molecular flexibility index (Phi) is 4.56. The molecule has 0 saturated carbocycles. The van der Waals surface area contributed by atoms with Crippen molar-refractivity contribution in [2.75, 3.05) is 0 Å². The minimum atomic E-state index is 0.0991. The first kappa shape index (κ1) is 12.9. The normalized spacial score (nSPS) is 10.4. The first-order chi connectivity index (χ1) is 8.78. The quantitative estimate of drug-likeness (QED) is 0.298. The van der Waals surface area contributed by atoms with Crippen LogP contribution in [0.5, 0.6) is 5.75 Å². The summed E-state index contributed by atoms with van der Waals surface area (Å²) in [4.78, 5) is 1.50. The molecule has 1 heterocycles. The molecule has 0 amide bonds. The molecule has 86 valence electrons. The van der Waals surface area contributed by atoms with Crippen LogP contribution in [0.25, 0.3) is 21.5 Å². The molecular formula is C12H6N5O-. The SMILES string of the molecule is N#CC(C#N)=C1C=COc2ccccc21.[N-]=[N+]=[N-]. The van der Waals surface area contributed by atoms with Gasteiger partial charge in [0.2, 0.25) is 0 Å². The summed E-state index contributed by atoms with van der Waals surface area (Å²) in [6.45, 7) is 0.